The van der Waals surface area contributed by atoms with Crippen LogP contribution in [0.15, 0.2) is 18.2 Å². The molecule has 1 N–H and O–H groups in total. The van der Waals surface area contributed by atoms with Gasteiger partial charge in [-0.15, -0.1) is 0 Å². The highest BCUT2D eigenvalue weighted by Crippen LogP contribution is 2.40. The Morgan fingerprint density at radius 3 is 2.67 bits per heavy atom. The highest BCUT2D eigenvalue weighted by atomic mass is 35.5. The maximum Gasteiger partial charge on any atom is 0.142 e. The van der Waals surface area contributed by atoms with Gasteiger partial charge in [0.15, 0.2) is 0 Å². The van der Waals surface area contributed by atoms with Gasteiger partial charge in [0, 0.05) is 6.04 Å². The summed E-state index contributed by atoms with van der Waals surface area (Å²) >= 11 is 6.15. The minimum atomic E-state index is -0.308. The third kappa shape index (κ3) is 4.20. The zero-order chi connectivity index (χ0) is 15.3. The van der Waals surface area contributed by atoms with E-state index >= 15 is 0 Å². The molecule has 0 aliphatic heterocycles. The number of hydrogen-bond donors (Lipinski definition) is 1. The van der Waals surface area contributed by atoms with E-state index < -0.39 is 0 Å². The first-order valence-electron chi connectivity index (χ1n) is 8.23. The third-order valence-corrected chi connectivity index (χ3v) is 5.36. The maximum atomic E-state index is 13.7. The van der Waals surface area contributed by atoms with Crippen LogP contribution >= 0.6 is 11.6 Å². The van der Waals surface area contributed by atoms with Crippen LogP contribution in [-0.2, 0) is 6.42 Å². The zero-order valence-electron chi connectivity index (χ0n) is 13.2. The lowest BCUT2D eigenvalue weighted by molar-refractivity contribution is 0.143. The Hall–Kier alpha value is -0.600. The van der Waals surface area contributed by atoms with Gasteiger partial charge in [0.25, 0.3) is 0 Å². The molecule has 1 atom stereocenters. The van der Waals surface area contributed by atoms with Crippen molar-refractivity contribution >= 4 is 11.6 Å². The SMILES string of the molecule is CCCNC(Cc1cccc(F)c1Cl)C1(C)CCCCC1. The monoisotopic (exact) mass is 311 g/mol. The Bertz CT molecular complexity index is 455. The van der Waals surface area contributed by atoms with Gasteiger partial charge >= 0.3 is 0 Å². The molecule has 0 radical (unpaired) electrons. The fourth-order valence-corrected chi connectivity index (χ4v) is 3.72. The third-order valence-electron chi connectivity index (χ3n) is 4.93. The zero-order valence-corrected chi connectivity index (χ0v) is 14.0. The fourth-order valence-electron chi connectivity index (χ4n) is 3.52. The molecule has 1 aliphatic rings. The van der Waals surface area contributed by atoms with Crippen molar-refractivity contribution in [1.29, 1.82) is 0 Å². The average Bonchev–Trinajstić information content (AvgIpc) is 2.48. The molecular formula is C18H27ClFN. The summed E-state index contributed by atoms with van der Waals surface area (Å²) in [4.78, 5) is 0. The molecule has 1 nitrogen and oxygen atoms in total. The van der Waals surface area contributed by atoms with Crippen molar-refractivity contribution in [2.45, 2.75) is 64.8 Å². The largest absolute Gasteiger partial charge is 0.313 e. The van der Waals surface area contributed by atoms with Crippen LogP contribution < -0.4 is 5.32 Å². The van der Waals surface area contributed by atoms with Crippen LogP contribution in [0.2, 0.25) is 5.02 Å². The summed E-state index contributed by atoms with van der Waals surface area (Å²) in [5.74, 6) is -0.308. The molecule has 1 aromatic carbocycles. The number of nitrogens with one attached hydrogen (secondary N) is 1. The average molecular weight is 312 g/mol. The van der Waals surface area contributed by atoms with Crippen molar-refractivity contribution < 1.29 is 4.39 Å². The summed E-state index contributed by atoms with van der Waals surface area (Å²) in [6.45, 7) is 5.57. The van der Waals surface area contributed by atoms with Crippen molar-refractivity contribution in [3.8, 4) is 0 Å². The molecule has 1 saturated carbocycles. The van der Waals surface area contributed by atoms with E-state index in [0.29, 0.717) is 16.5 Å². The van der Waals surface area contributed by atoms with E-state index in [2.05, 4.69) is 19.2 Å². The highest BCUT2D eigenvalue weighted by molar-refractivity contribution is 6.31. The Morgan fingerprint density at radius 1 is 1.29 bits per heavy atom. The van der Waals surface area contributed by atoms with Gasteiger partial charge in [-0.3, -0.25) is 0 Å². The maximum absolute atomic E-state index is 13.7. The van der Waals surface area contributed by atoms with E-state index in [9.17, 15) is 4.39 Å². The van der Waals surface area contributed by atoms with Crippen molar-refractivity contribution in [3.05, 3.63) is 34.6 Å². The molecule has 1 aromatic rings. The molecule has 3 heteroatoms. The van der Waals surface area contributed by atoms with Gasteiger partial charge in [-0.1, -0.05) is 56.8 Å². The lowest BCUT2D eigenvalue weighted by Gasteiger charge is -2.41. The van der Waals surface area contributed by atoms with Gasteiger partial charge in [0.1, 0.15) is 5.82 Å². The molecule has 1 unspecified atom stereocenters. The second-order valence-corrected chi connectivity index (χ2v) is 7.02. The predicted octanol–water partition coefficient (Wildman–Crippen LogP) is 5.36. The van der Waals surface area contributed by atoms with Gasteiger partial charge in [-0.2, -0.15) is 0 Å². The van der Waals surface area contributed by atoms with Crippen molar-refractivity contribution in [2.75, 3.05) is 6.54 Å². The van der Waals surface area contributed by atoms with Crippen molar-refractivity contribution in [3.63, 3.8) is 0 Å². The molecule has 0 saturated heterocycles. The van der Waals surface area contributed by atoms with Crippen LogP contribution in [0.5, 0.6) is 0 Å². The first kappa shape index (κ1) is 16.8. The second-order valence-electron chi connectivity index (χ2n) is 6.64. The van der Waals surface area contributed by atoms with E-state index in [1.807, 2.05) is 6.07 Å². The molecule has 0 heterocycles. The number of halogens is 2. The fraction of sp³-hybridized carbons (Fsp3) is 0.667. The van der Waals surface area contributed by atoms with E-state index in [1.54, 1.807) is 6.07 Å². The highest BCUT2D eigenvalue weighted by Gasteiger charge is 2.35. The van der Waals surface area contributed by atoms with E-state index in [1.165, 1.54) is 38.2 Å². The first-order valence-corrected chi connectivity index (χ1v) is 8.61. The standard InChI is InChI=1S/C18H27ClFN/c1-3-12-21-16(18(2)10-5-4-6-11-18)13-14-8-7-9-15(20)17(14)19/h7-9,16,21H,3-6,10-13H2,1-2H3. The van der Waals surface area contributed by atoms with Crippen LogP contribution in [0.25, 0.3) is 0 Å². The van der Waals surface area contributed by atoms with E-state index in [-0.39, 0.29) is 5.82 Å². The summed E-state index contributed by atoms with van der Waals surface area (Å²) in [5.41, 5.74) is 1.22. The summed E-state index contributed by atoms with van der Waals surface area (Å²) in [6.07, 6.45) is 8.38. The van der Waals surface area contributed by atoms with Crippen LogP contribution in [0, 0.1) is 11.2 Å². The Labute approximate surface area is 133 Å². The normalized spacial score (nSPS) is 19.4. The number of hydrogen-bond acceptors (Lipinski definition) is 1. The molecule has 118 valence electrons. The molecule has 1 fully saturated rings. The van der Waals surface area contributed by atoms with Crippen LogP contribution in [0.3, 0.4) is 0 Å². The Balaban J connectivity index is 2.17. The molecule has 0 amide bonds. The van der Waals surface area contributed by atoms with Gasteiger partial charge in [-0.25, -0.2) is 4.39 Å². The molecule has 0 spiro atoms. The van der Waals surface area contributed by atoms with Crippen LogP contribution in [0.4, 0.5) is 4.39 Å². The van der Waals surface area contributed by atoms with Gasteiger partial charge < -0.3 is 5.32 Å². The summed E-state index contributed by atoms with van der Waals surface area (Å²) in [5, 5.41) is 3.99. The number of benzene rings is 1. The number of rotatable bonds is 6. The lowest BCUT2D eigenvalue weighted by Crippen LogP contribution is -2.46. The smallest absolute Gasteiger partial charge is 0.142 e. The quantitative estimate of drug-likeness (QED) is 0.745. The summed E-state index contributed by atoms with van der Waals surface area (Å²) in [6, 6.07) is 5.52. The minimum absolute atomic E-state index is 0.292. The van der Waals surface area contributed by atoms with Gasteiger partial charge in [-0.05, 0) is 49.3 Å². The van der Waals surface area contributed by atoms with E-state index in [4.69, 9.17) is 11.6 Å². The molecule has 21 heavy (non-hydrogen) atoms. The van der Waals surface area contributed by atoms with Gasteiger partial charge in [0.2, 0.25) is 0 Å². The lowest BCUT2D eigenvalue weighted by atomic mass is 9.69. The van der Waals surface area contributed by atoms with Crippen LogP contribution in [-0.4, -0.2) is 12.6 Å². The van der Waals surface area contributed by atoms with Crippen molar-refractivity contribution in [2.24, 2.45) is 5.41 Å². The van der Waals surface area contributed by atoms with Crippen LogP contribution in [0.1, 0.15) is 57.9 Å². The first-order chi connectivity index (χ1) is 10.1. The second kappa shape index (κ2) is 7.60. The summed E-state index contributed by atoms with van der Waals surface area (Å²) in [7, 11) is 0. The molecular weight excluding hydrogens is 285 g/mol. The minimum Gasteiger partial charge on any atom is -0.313 e. The Morgan fingerprint density at radius 2 is 2.00 bits per heavy atom. The van der Waals surface area contributed by atoms with Gasteiger partial charge in [0.05, 0.1) is 5.02 Å². The molecule has 0 bridgehead atoms. The Kier molecular flexibility index (Phi) is 6.07. The van der Waals surface area contributed by atoms with Crippen molar-refractivity contribution in [1.82, 2.24) is 5.32 Å². The van der Waals surface area contributed by atoms with E-state index in [0.717, 1.165) is 24.9 Å². The summed E-state index contributed by atoms with van der Waals surface area (Å²) < 4.78 is 13.7. The topological polar surface area (TPSA) is 12.0 Å². The molecule has 0 aromatic heterocycles. The molecule has 1 aliphatic carbocycles. The molecule has 2 rings (SSSR count). The predicted molar refractivity (Wildman–Crippen MR) is 88.4 cm³/mol.